The predicted octanol–water partition coefficient (Wildman–Crippen LogP) is 4.44. The van der Waals surface area contributed by atoms with Crippen LogP contribution in [0.2, 0.25) is 0 Å². The van der Waals surface area contributed by atoms with Crippen molar-refractivity contribution in [3.05, 3.63) is 65.7 Å². The lowest BCUT2D eigenvalue weighted by molar-refractivity contribution is 0.415. The molecule has 0 fully saturated rings. The highest BCUT2D eigenvalue weighted by Crippen LogP contribution is 2.40. The first-order valence-corrected chi connectivity index (χ1v) is 6.84. The second kappa shape index (κ2) is 4.71. The van der Waals surface area contributed by atoms with Gasteiger partial charge >= 0.3 is 0 Å². The van der Waals surface area contributed by atoms with Gasteiger partial charge in [0.2, 0.25) is 0 Å². The maximum absolute atomic E-state index is 5.33. The number of rotatable bonds is 2. The molecule has 0 aromatic heterocycles. The Morgan fingerprint density at radius 3 is 2.50 bits per heavy atom. The molecule has 2 aromatic rings. The van der Waals surface area contributed by atoms with Crippen LogP contribution in [0.5, 0.6) is 5.75 Å². The van der Waals surface area contributed by atoms with Crippen LogP contribution in [0.15, 0.2) is 54.6 Å². The standard InChI is InChI=1S/C18H19NO/c1-13-12-18(2,14-7-5-4-6-8-14)19-17-11-15(20-3)9-10-16(13)17/h4-12,19H,1-3H3. The van der Waals surface area contributed by atoms with Gasteiger partial charge in [0.1, 0.15) is 5.75 Å². The zero-order valence-corrected chi connectivity index (χ0v) is 12.1. The van der Waals surface area contributed by atoms with E-state index in [1.165, 1.54) is 16.7 Å². The van der Waals surface area contributed by atoms with Crippen molar-refractivity contribution < 1.29 is 4.74 Å². The average molecular weight is 265 g/mol. The maximum atomic E-state index is 5.33. The van der Waals surface area contributed by atoms with Crippen LogP contribution in [0.4, 0.5) is 5.69 Å². The van der Waals surface area contributed by atoms with Crippen LogP contribution in [-0.2, 0) is 5.54 Å². The van der Waals surface area contributed by atoms with Crippen LogP contribution >= 0.6 is 0 Å². The summed E-state index contributed by atoms with van der Waals surface area (Å²) in [5.41, 5.74) is 4.71. The Morgan fingerprint density at radius 2 is 1.80 bits per heavy atom. The number of anilines is 1. The van der Waals surface area contributed by atoms with Crippen LogP contribution in [-0.4, -0.2) is 7.11 Å². The minimum absolute atomic E-state index is 0.190. The summed E-state index contributed by atoms with van der Waals surface area (Å²) in [6, 6.07) is 16.7. The minimum Gasteiger partial charge on any atom is -0.497 e. The summed E-state index contributed by atoms with van der Waals surface area (Å²) < 4.78 is 5.33. The highest BCUT2D eigenvalue weighted by atomic mass is 16.5. The summed E-state index contributed by atoms with van der Waals surface area (Å²) in [5, 5.41) is 3.64. The topological polar surface area (TPSA) is 21.3 Å². The van der Waals surface area contributed by atoms with E-state index in [4.69, 9.17) is 4.74 Å². The molecule has 0 radical (unpaired) electrons. The maximum Gasteiger partial charge on any atom is 0.120 e. The fourth-order valence-electron chi connectivity index (χ4n) is 2.86. The van der Waals surface area contributed by atoms with Crippen LogP contribution < -0.4 is 10.1 Å². The van der Waals surface area contributed by atoms with E-state index in [1.807, 2.05) is 12.1 Å². The van der Waals surface area contributed by atoms with Gasteiger partial charge in [0, 0.05) is 17.3 Å². The van der Waals surface area contributed by atoms with E-state index in [2.05, 4.69) is 61.6 Å². The van der Waals surface area contributed by atoms with E-state index >= 15 is 0 Å². The molecular formula is C18H19NO. The number of fused-ring (bicyclic) bond motifs is 1. The number of nitrogens with one attached hydrogen (secondary N) is 1. The number of benzene rings is 2. The summed E-state index contributed by atoms with van der Waals surface area (Å²) in [6.45, 7) is 4.36. The lowest BCUT2D eigenvalue weighted by Gasteiger charge is -2.35. The summed E-state index contributed by atoms with van der Waals surface area (Å²) in [5.74, 6) is 0.876. The normalized spacial score (nSPS) is 20.6. The molecule has 102 valence electrons. The van der Waals surface area contributed by atoms with Crippen molar-refractivity contribution >= 4 is 11.3 Å². The number of allylic oxidation sites excluding steroid dienone is 1. The third kappa shape index (κ3) is 2.07. The van der Waals surface area contributed by atoms with Crippen molar-refractivity contribution in [2.24, 2.45) is 0 Å². The average Bonchev–Trinajstić information content (AvgIpc) is 2.47. The van der Waals surface area contributed by atoms with E-state index in [0.29, 0.717) is 0 Å². The van der Waals surface area contributed by atoms with Gasteiger partial charge in [-0.1, -0.05) is 36.4 Å². The van der Waals surface area contributed by atoms with Crippen LogP contribution in [0.3, 0.4) is 0 Å². The lowest BCUT2D eigenvalue weighted by atomic mass is 9.84. The molecular weight excluding hydrogens is 246 g/mol. The molecule has 1 unspecified atom stereocenters. The smallest absolute Gasteiger partial charge is 0.120 e. The highest BCUT2D eigenvalue weighted by Gasteiger charge is 2.29. The zero-order chi connectivity index (χ0) is 14.2. The fraction of sp³-hybridized carbons (Fsp3) is 0.222. The Balaban J connectivity index is 2.09. The SMILES string of the molecule is COc1ccc2c(c1)NC(C)(c1ccccc1)C=C2C. The molecule has 1 N–H and O–H groups in total. The van der Waals surface area contributed by atoms with Crippen molar-refractivity contribution in [1.29, 1.82) is 0 Å². The van der Waals surface area contributed by atoms with Crippen molar-refractivity contribution in [1.82, 2.24) is 0 Å². The molecule has 0 aliphatic carbocycles. The Bertz CT molecular complexity index is 660. The third-order valence-electron chi connectivity index (χ3n) is 3.92. The van der Waals surface area contributed by atoms with Gasteiger partial charge in [-0.05, 0) is 37.1 Å². The first-order chi connectivity index (χ1) is 9.62. The summed E-state index contributed by atoms with van der Waals surface area (Å²) >= 11 is 0. The third-order valence-corrected chi connectivity index (χ3v) is 3.92. The molecule has 0 saturated heterocycles. The quantitative estimate of drug-likeness (QED) is 0.866. The first kappa shape index (κ1) is 12.8. The molecule has 1 aliphatic rings. The zero-order valence-electron chi connectivity index (χ0n) is 12.1. The lowest BCUT2D eigenvalue weighted by Crippen LogP contribution is -2.32. The molecule has 1 heterocycles. The molecule has 1 atom stereocenters. The van der Waals surface area contributed by atoms with Gasteiger partial charge < -0.3 is 10.1 Å². The molecule has 0 spiro atoms. The molecule has 0 amide bonds. The fourth-order valence-corrected chi connectivity index (χ4v) is 2.86. The molecule has 2 heteroatoms. The van der Waals surface area contributed by atoms with Crippen LogP contribution in [0.1, 0.15) is 25.0 Å². The number of hydrogen-bond acceptors (Lipinski definition) is 2. The first-order valence-electron chi connectivity index (χ1n) is 6.84. The molecule has 0 saturated carbocycles. The predicted molar refractivity (Wildman–Crippen MR) is 84.1 cm³/mol. The molecule has 2 aromatic carbocycles. The molecule has 1 aliphatic heterocycles. The van der Waals surface area contributed by atoms with Gasteiger partial charge in [-0.3, -0.25) is 0 Å². The Labute approximate surface area is 120 Å². The largest absolute Gasteiger partial charge is 0.497 e. The van der Waals surface area contributed by atoms with Gasteiger partial charge in [0.25, 0.3) is 0 Å². The summed E-state index contributed by atoms with van der Waals surface area (Å²) in [6.07, 6.45) is 2.29. The molecule has 0 bridgehead atoms. The van der Waals surface area contributed by atoms with E-state index in [-0.39, 0.29) is 5.54 Å². The van der Waals surface area contributed by atoms with E-state index in [9.17, 15) is 0 Å². The van der Waals surface area contributed by atoms with E-state index in [1.54, 1.807) is 7.11 Å². The highest BCUT2D eigenvalue weighted by molar-refractivity contribution is 5.81. The van der Waals surface area contributed by atoms with Crippen molar-refractivity contribution in [3.63, 3.8) is 0 Å². The second-order valence-electron chi connectivity index (χ2n) is 5.43. The second-order valence-corrected chi connectivity index (χ2v) is 5.43. The monoisotopic (exact) mass is 265 g/mol. The Morgan fingerprint density at radius 1 is 1.05 bits per heavy atom. The Kier molecular flexibility index (Phi) is 3.01. The van der Waals surface area contributed by atoms with Crippen molar-refractivity contribution in [2.75, 3.05) is 12.4 Å². The minimum atomic E-state index is -0.190. The van der Waals surface area contributed by atoms with Gasteiger partial charge in [-0.15, -0.1) is 0 Å². The van der Waals surface area contributed by atoms with Crippen molar-refractivity contribution in [2.45, 2.75) is 19.4 Å². The summed E-state index contributed by atoms with van der Waals surface area (Å²) in [4.78, 5) is 0. The van der Waals surface area contributed by atoms with Gasteiger partial charge in [0.05, 0.1) is 12.6 Å². The van der Waals surface area contributed by atoms with E-state index in [0.717, 1.165) is 11.4 Å². The number of ether oxygens (including phenoxy) is 1. The summed E-state index contributed by atoms with van der Waals surface area (Å²) in [7, 11) is 1.70. The molecule has 2 nitrogen and oxygen atoms in total. The van der Waals surface area contributed by atoms with Crippen LogP contribution in [0.25, 0.3) is 5.57 Å². The molecule has 20 heavy (non-hydrogen) atoms. The van der Waals surface area contributed by atoms with E-state index < -0.39 is 0 Å². The Hall–Kier alpha value is -2.22. The van der Waals surface area contributed by atoms with Gasteiger partial charge in [-0.25, -0.2) is 0 Å². The van der Waals surface area contributed by atoms with Crippen molar-refractivity contribution in [3.8, 4) is 5.75 Å². The van der Waals surface area contributed by atoms with Gasteiger partial charge in [-0.2, -0.15) is 0 Å². The van der Waals surface area contributed by atoms with Gasteiger partial charge in [0.15, 0.2) is 0 Å². The number of hydrogen-bond donors (Lipinski definition) is 1. The number of methoxy groups -OCH3 is 1. The van der Waals surface area contributed by atoms with Crippen LogP contribution in [0, 0.1) is 0 Å². The molecule has 3 rings (SSSR count).